The topological polar surface area (TPSA) is 84.2 Å². The quantitative estimate of drug-likeness (QED) is 0.411. The molecule has 1 amide bonds. The summed E-state index contributed by atoms with van der Waals surface area (Å²) in [6, 6.07) is 6.57. The number of carbonyl (C=O) groups excluding carboxylic acids is 1. The molecule has 3 aromatic rings. The summed E-state index contributed by atoms with van der Waals surface area (Å²) in [6.45, 7) is 3.45. The zero-order valence-corrected chi connectivity index (χ0v) is 15.2. The van der Waals surface area contributed by atoms with Crippen molar-refractivity contribution >= 4 is 22.9 Å². The molecule has 144 valence electrons. The van der Waals surface area contributed by atoms with Crippen LogP contribution in [0.15, 0.2) is 41.2 Å². The van der Waals surface area contributed by atoms with E-state index in [0.717, 1.165) is 12.1 Å². The average Bonchev–Trinajstić information content (AvgIpc) is 2.67. The number of nitrogens with zero attached hydrogens (tertiary/aromatic N) is 2. The molecule has 0 atom stereocenters. The standard InChI is InChI=1S/C20H17F2N3O3/c1-3-17-23-19-14(9-12(10-15(19)22)4-7-18(26)24-28)20(27)25(17)16-6-5-13(21)8-11(16)2/h4-10,28H,3H2,1-2H3,(H,24,26)/b7-4+. The van der Waals surface area contributed by atoms with Gasteiger partial charge >= 0.3 is 0 Å². The van der Waals surface area contributed by atoms with Crippen LogP contribution in [0.3, 0.4) is 0 Å². The van der Waals surface area contributed by atoms with E-state index in [-0.39, 0.29) is 16.5 Å². The zero-order valence-electron chi connectivity index (χ0n) is 15.2. The monoisotopic (exact) mass is 385 g/mol. The third kappa shape index (κ3) is 3.54. The van der Waals surface area contributed by atoms with Gasteiger partial charge < -0.3 is 0 Å². The van der Waals surface area contributed by atoms with Crippen molar-refractivity contribution in [3.05, 3.63) is 75.3 Å². The van der Waals surface area contributed by atoms with Crippen LogP contribution in [0.5, 0.6) is 0 Å². The fourth-order valence-electron chi connectivity index (χ4n) is 2.97. The van der Waals surface area contributed by atoms with Gasteiger partial charge in [-0.25, -0.2) is 19.2 Å². The zero-order chi connectivity index (χ0) is 20.4. The highest BCUT2D eigenvalue weighted by molar-refractivity contribution is 5.91. The first-order valence-corrected chi connectivity index (χ1v) is 8.49. The Morgan fingerprint density at radius 3 is 2.68 bits per heavy atom. The van der Waals surface area contributed by atoms with Gasteiger partial charge in [-0.15, -0.1) is 0 Å². The van der Waals surface area contributed by atoms with E-state index in [4.69, 9.17) is 5.21 Å². The third-order valence-corrected chi connectivity index (χ3v) is 4.27. The van der Waals surface area contributed by atoms with Crippen LogP contribution in [-0.4, -0.2) is 20.7 Å². The summed E-state index contributed by atoms with van der Waals surface area (Å²) >= 11 is 0. The number of benzene rings is 2. The van der Waals surface area contributed by atoms with Crippen molar-refractivity contribution in [3.8, 4) is 5.69 Å². The minimum Gasteiger partial charge on any atom is -0.288 e. The Hall–Kier alpha value is -3.39. The second kappa shape index (κ2) is 7.69. The van der Waals surface area contributed by atoms with Gasteiger partial charge in [-0.3, -0.25) is 19.4 Å². The second-order valence-corrected chi connectivity index (χ2v) is 6.16. The highest BCUT2D eigenvalue weighted by atomic mass is 19.1. The molecule has 1 aromatic heterocycles. The first-order valence-electron chi connectivity index (χ1n) is 8.49. The van der Waals surface area contributed by atoms with Gasteiger partial charge in [0.25, 0.3) is 11.5 Å². The minimum absolute atomic E-state index is 0.0185. The lowest BCUT2D eigenvalue weighted by Crippen LogP contribution is -2.25. The summed E-state index contributed by atoms with van der Waals surface area (Å²) in [5, 5.41) is 8.55. The van der Waals surface area contributed by atoms with E-state index in [1.165, 1.54) is 40.4 Å². The highest BCUT2D eigenvalue weighted by Gasteiger charge is 2.16. The van der Waals surface area contributed by atoms with E-state index in [1.807, 2.05) is 0 Å². The van der Waals surface area contributed by atoms with E-state index in [2.05, 4.69) is 4.98 Å². The average molecular weight is 385 g/mol. The van der Waals surface area contributed by atoms with Gasteiger partial charge in [0.2, 0.25) is 0 Å². The lowest BCUT2D eigenvalue weighted by Gasteiger charge is -2.15. The molecule has 0 saturated heterocycles. The number of aromatic nitrogens is 2. The molecular weight excluding hydrogens is 368 g/mol. The van der Waals surface area contributed by atoms with Crippen LogP contribution in [0, 0.1) is 18.6 Å². The van der Waals surface area contributed by atoms with Crippen molar-refractivity contribution in [2.24, 2.45) is 0 Å². The second-order valence-electron chi connectivity index (χ2n) is 6.16. The molecule has 0 fully saturated rings. The van der Waals surface area contributed by atoms with E-state index in [0.29, 0.717) is 23.5 Å². The Morgan fingerprint density at radius 1 is 1.29 bits per heavy atom. The van der Waals surface area contributed by atoms with Crippen LogP contribution in [0.25, 0.3) is 22.7 Å². The Bertz CT molecular complexity index is 1170. The molecule has 0 aliphatic heterocycles. The number of nitrogens with one attached hydrogen (secondary N) is 1. The Morgan fingerprint density at radius 2 is 2.04 bits per heavy atom. The number of hydrogen-bond donors (Lipinski definition) is 2. The minimum atomic E-state index is -0.792. The summed E-state index contributed by atoms with van der Waals surface area (Å²) in [5.41, 5.74) is 2.08. The van der Waals surface area contributed by atoms with Gasteiger partial charge in [0.05, 0.1) is 11.1 Å². The van der Waals surface area contributed by atoms with E-state index < -0.39 is 23.1 Å². The molecule has 0 bridgehead atoms. The maximum Gasteiger partial charge on any atom is 0.267 e. The van der Waals surface area contributed by atoms with Gasteiger partial charge in [0, 0.05) is 12.5 Å². The summed E-state index contributed by atoms with van der Waals surface area (Å²) in [7, 11) is 0. The maximum atomic E-state index is 14.6. The number of rotatable bonds is 4. The lowest BCUT2D eigenvalue weighted by molar-refractivity contribution is -0.124. The smallest absolute Gasteiger partial charge is 0.267 e. The molecular formula is C20H17F2N3O3. The molecule has 0 spiro atoms. The number of halogens is 2. The van der Waals surface area contributed by atoms with Gasteiger partial charge in [0.15, 0.2) is 0 Å². The molecule has 0 radical (unpaired) electrons. The fraction of sp³-hybridized carbons (Fsp3) is 0.150. The summed E-state index contributed by atoms with van der Waals surface area (Å²) < 4.78 is 29.4. The van der Waals surface area contributed by atoms with Gasteiger partial charge in [-0.2, -0.15) is 0 Å². The summed E-state index contributed by atoms with van der Waals surface area (Å²) in [4.78, 5) is 28.6. The number of hydroxylamine groups is 1. The predicted molar refractivity (Wildman–Crippen MR) is 100 cm³/mol. The highest BCUT2D eigenvalue weighted by Crippen LogP contribution is 2.21. The Balaban J connectivity index is 2.30. The van der Waals surface area contributed by atoms with Crippen molar-refractivity contribution < 1.29 is 18.8 Å². The molecule has 1 heterocycles. The van der Waals surface area contributed by atoms with E-state index in [1.54, 1.807) is 13.8 Å². The van der Waals surface area contributed by atoms with Crippen LogP contribution in [-0.2, 0) is 11.2 Å². The SMILES string of the molecule is CCc1nc2c(F)cc(/C=C/C(=O)NO)cc2c(=O)n1-c1ccc(F)cc1C. The Labute approximate surface area is 158 Å². The molecule has 0 saturated carbocycles. The molecule has 28 heavy (non-hydrogen) atoms. The fourth-order valence-corrected chi connectivity index (χ4v) is 2.97. The van der Waals surface area contributed by atoms with Crippen molar-refractivity contribution in [1.82, 2.24) is 15.0 Å². The van der Waals surface area contributed by atoms with Crippen molar-refractivity contribution in [2.45, 2.75) is 20.3 Å². The number of fused-ring (bicyclic) bond motifs is 1. The van der Waals surface area contributed by atoms with Gasteiger partial charge in [0.1, 0.15) is 23.0 Å². The van der Waals surface area contributed by atoms with Crippen LogP contribution in [0.2, 0.25) is 0 Å². The number of carbonyl (C=O) groups is 1. The lowest BCUT2D eigenvalue weighted by atomic mass is 10.1. The third-order valence-electron chi connectivity index (χ3n) is 4.27. The van der Waals surface area contributed by atoms with Crippen LogP contribution >= 0.6 is 0 Å². The predicted octanol–water partition coefficient (Wildman–Crippen LogP) is 3.05. The first-order chi connectivity index (χ1) is 13.3. The molecule has 0 unspecified atom stereocenters. The number of aryl methyl sites for hydroxylation is 2. The molecule has 3 rings (SSSR count). The molecule has 2 N–H and O–H groups in total. The van der Waals surface area contributed by atoms with Crippen molar-refractivity contribution in [1.29, 1.82) is 0 Å². The summed E-state index contributed by atoms with van der Waals surface area (Å²) in [6.07, 6.45) is 2.62. The van der Waals surface area contributed by atoms with E-state index in [9.17, 15) is 18.4 Å². The van der Waals surface area contributed by atoms with Crippen LogP contribution in [0.4, 0.5) is 8.78 Å². The normalized spacial score (nSPS) is 11.3. The van der Waals surface area contributed by atoms with Crippen molar-refractivity contribution in [2.75, 3.05) is 0 Å². The Kier molecular flexibility index (Phi) is 5.32. The first kappa shape index (κ1) is 19.4. The largest absolute Gasteiger partial charge is 0.288 e. The van der Waals surface area contributed by atoms with Crippen molar-refractivity contribution in [3.63, 3.8) is 0 Å². The molecule has 2 aromatic carbocycles. The van der Waals surface area contributed by atoms with E-state index >= 15 is 0 Å². The van der Waals surface area contributed by atoms with Gasteiger partial charge in [-0.1, -0.05) is 6.92 Å². The number of hydrogen-bond acceptors (Lipinski definition) is 4. The summed E-state index contributed by atoms with van der Waals surface area (Å²) in [5.74, 6) is -1.59. The molecule has 0 aliphatic rings. The maximum absolute atomic E-state index is 14.6. The molecule has 6 nitrogen and oxygen atoms in total. The molecule has 8 heteroatoms. The van der Waals surface area contributed by atoms with Crippen LogP contribution < -0.4 is 11.0 Å². The van der Waals surface area contributed by atoms with Crippen LogP contribution in [0.1, 0.15) is 23.9 Å². The number of amides is 1. The van der Waals surface area contributed by atoms with Gasteiger partial charge in [-0.05, 0) is 54.5 Å². The molecule has 0 aliphatic carbocycles.